The lowest BCUT2D eigenvalue weighted by molar-refractivity contribution is -0.121. The molecule has 1 aromatic heterocycles. The van der Waals surface area contributed by atoms with Crippen LogP contribution in [0.2, 0.25) is 0 Å². The summed E-state index contributed by atoms with van der Waals surface area (Å²) in [6, 6.07) is 25.9. The zero-order valence-electron chi connectivity index (χ0n) is 17.9. The Hall–Kier alpha value is -3.60. The highest BCUT2D eigenvalue weighted by Crippen LogP contribution is 2.25. The van der Waals surface area contributed by atoms with Gasteiger partial charge in [0, 0.05) is 12.0 Å². The van der Waals surface area contributed by atoms with E-state index < -0.39 is 0 Å². The van der Waals surface area contributed by atoms with E-state index >= 15 is 0 Å². The number of imidazole rings is 1. The molecule has 5 nitrogen and oxygen atoms in total. The first-order chi connectivity index (χ1) is 15.2. The number of aryl methyl sites for hydroxylation is 1. The van der Waals surface area contributed by atoms with Crippen molar-refractivity contribution >= 4 is 16.9 Å². The molecule has 1 N–H and O–H groups in total. The molecule has 31 heavy (non-hydrogen) atoms. The van der Waals surface area contributed by atoms with E-state index in [1.165, 1.54) is 0 Å². The third kappa shape index (κ3) is 4.77. The predicted octanol–water partition coefficient (Wildman–Crippen LogP) is 4.90. The number of amides is 1. The van der Waals surface area contributed by atoms with Crippen LogP contribution < -0.4 is 10.1 Å². The van der Waals surface area contributed by atoms with Gasteiger partial charge in [0.25, 0.3) is 0 Å². The van der Waals surface area contributed by atoms with E-state index in [0.29, 0.717) is 13.0 Å². The summed E-state index contributed by atoms with van der Waals surface area (Å²) in [4.78, 5) is 17.5. The number of carbonyl (C=O) groups excluding carboxylic acids is 1. The van der Waals surface area contributed by atoms with E-state index in [9.17, 15) is 4.79 Å². The van der Waals surface area contributed by atoms with Crippen molar-refractivity contribution in [2.75, 3.05) is 7.11 Å². The molecule has 0 aliphatic rings. The first-order valence-corrected chi connectivity index (χ1v) is 10.6. The molecule has 0 fully saturated rings. The molecule has 5 heteroatoms. The van der Waals surface area contributed by atoms with Crippen molar-refractivity contribution in [3.8, 4) is 5.75 Å². The van der Waals surface area contributed by atoms with Gasteiger partial charge in [-0.3, -0.25) is 4.79 Å². The topological polar surface area (TPSA) is 56.1 Å². The van der Waals surface area contributed by atoms with E-state index in [2.05, 4.69) is 22.0 Å². The molecule has 0 spiro atoms. The van der Waals surface area contributed by atoms with Gasteiger partial charge in [0.05, 0.1) is 30.7 Å². The lowest BCUT2D eigenvalue weighted by Crippen LogP contribution is -2.29. The van der Waals surface area contributed by atoms with Crippen molar-refractivity contribution < 1.29 is 9.53 Å². The summed E-state index contributed by atoms with van der Waals surface area (Å²) in [6.07, 6.45) is 1.16. The van der Waals surface area contributed by atoms with Crippen LogP contribution in [0.25, 0.3) is 11.0 Å². The molecular weight excluding hydrogens is 386 g/mol. The maximum absolute atomic E-state index is 12.6. The van der Waals surface area contributed by atoms with E-state index in [1.54, 1.807) is 7.11 Å². The summed E-state index contributed by atoms with van der Waals surface area (Å²) in [7, 11) is 1.68. The summed E-state index contributed by atoms with van der Waals surface area (Å²) >= 11 is 0. The number of nitrogens with one attached hydrogen (secondary N) is 1. The molecule has 0 aliphatic carbocycles. The quantitative estimate of drug-likeness (QED) is 0.447. The van der Waals surface area contributed by atoms with Gasteiger partial charge in [-0.1, -0.05) is 60.7 Å². The maximum atomic E-state index is 12.6. The fourth-order valence-electron chi connectivity index (χ4n) is 3.88. The number of hydrogen-bond acceptors (Lipinski definition) is 3. The number of fused-ring (bicyclic) bond motifs is 1. The van der Waals surface area contributed by atoms with Crippen LogP contribution in [0.3, 0.4) is 0 Å². The molecule has 1 unspecified atom stereocenters. The van der Waals surface area contributed by atoms with Crippen LogP contribution >= 0.6 is 0 Å². The zero-order valence-corrected chi connectivity index (χ0v) is 17.9. The van der Waals surface area contributed by atoms with Crippen molar-refractivity contribution in [2.45, 2.75) is 32.4 Å². The Morgan fingerprint density at radius 3 is 2.52 bits per heavy atom. The molecule has 0 saturated carbocycles. The van der Waals surface area contributed by atoms with Crippen molar-refractivity contribution in [2.24, 2.45) is 0 Å². The second kappa shape index (κ2) is 9.47. The van der Waals surface area contributed by atoms with Crippen molar-refractivity contribution in [3.63, 3.8) is 0 Å². The lowest BCUT2D eigenvalue weighted by Gasteiger charge is -2.17. The highest BCUT2D eigenvalue weighted by Gasteiger charge is 2.19. The molecule has 4 aromatic rings. The Morgan fingerprint density at radius 1 is 1.00 bits per heavy atom. The Balaban J connectivity index is 1.56. The van der Waals surface area contributed by atoms with Crippen molar-refractivity contribution in [3.05, 3.63) is 95.8 Å². The lowest BCUT2D eigenvalue weighted by atomic mass is 10.1. The normalized spacial score (nSPS) is 11.9. The van der Waals surface area contributed by atoms with Gasteiger partial charge >= 0.3 is 0 Å². The highest BCUT2D eigenvalue weighted by molar-refractivity contribution is 5.78. The van der Waals surface area contributed by atoms with Gasteiger partial charge in [-0.05, 0) is 37.1 Å². The van der Waals surface area contributed by atoms with Crippen LogP contribution in [-0.2, 0) is 17.8 Å². The van der Waals surface area contributed by atoms with Crippen molar-refractivity contribution in [1.82, 2.24) is 14.9 Å². The molecule has 3 aromatic carbocycles. The number of nitrogens with zero attached hydrogens (tertiary/aromatic N) is 2. The number of para-hydroxylation sites is 3. The molecule has 158 valence electrons. The Kier molecular flexibility index (Phi) is 6.32. The molecule has 4 rings (SSSR count). The second-order valence-corrected chi connectivity index (χ2v) is 7.63. The van der Waals surface area contributed by atoms with Crippen LogP contribution in [0.1, 0.15) is 36.3 Å². The monoisotopic (exact) mass is 413 g/mol. The number of benzene rings is 3. The first kappa shape index (κ1) is 20.7. The molecule has 0 saturated heterocycles. The number of rotatable bonds is 8. The SMILES string of the molecule is COc1ccccc1Cn1c(C(C)NC(=O)CCc2ccccc2)nc2ccccc21. The minimum Gasteiger partial charge on any atom is -0.496 e. The van der Waals surface area contributed by atoms with Crippen molar-refractivity contribution in [1.29, 1.82) is 0 Å². The van der Waals surface area contributed by atoms with E-state index in [0.717, 1.165) is 40.2 Å². The van der Waals surface area contributed by atoms with Crippen LogP contribution in [0.4, 0.5) is 0 Å². The largest absolute Gasteiger partial charge is 0.496 e. The smallest absolute Gasteiger partial charge is 0.220 e. The van der Waals surface area contributed by atoms with Gasteiger partial charge < -0.3 is 14.6 Å². The Labute approximate surface area is 182 Å². The fourth-order valence-corrected chi connectivity index (χ4v) is 3.88. The molecule has 1 atom stereocenters. The van der Waals surface area contributed by atoms with Gasteiger partial charge in [-0.2, -0.15) is 0 Å². The molecule has 0 bridgehead atoms. The molecule has 1 amide bonds. The number of aromatic nitrogens is 2. The minimum absolute atomic E-state index is 0.0206. The van der Waals surface area contributed by atoms with Crippen LogP contribution in [-0.4, -0.2) is 22.6 Å². The molecule has 1 heterocycles. The average molecular weight is 414 g/mol. The van der Waals surface area contributed by atoms with Gasteiger partial charge in [-0.15, -0.1) is 0 Å². The maximum Gasteiger partial charge on any atom is 0.220 e. The summed E-state index contributed by atoms with van der Waals surface area (Å²) in [5.74, 6) is 1.69. The van der Waals surface area contributed by atoms with Gasteiger partial charge in [0.15, 0.2) is 0 Å². The first-order valence-electron chi connectivity index (χ1n) is 10.6. The van der Waals surface area contributed by atoms with E-state index in [-0.39, 0.29) is 11.9 Å². The summed E-state index contributed by atoms with van der Waals surface area (Å²) in [5.41, 5.74) is 4.18. The van der Waals surface area contributed by atoms with Gasteiger partial charge in [0.2, 0.25) is 5.91 Å². The number of methoxy groups -OCH3 is 1. The Morgan fingerprint density at radius 2 is 1.71 bits per heavy atom. The molecule has 0 aliphatic heterocycles. The molecular formula is C26H27N3O2. The average Bonchev–Trinajstić information content (AvgIpc) is 3.17. The third-order valence-electron chi connectivity index (χ3n) is 5.45. The molecule has 0 radical (unpaired) electrons. The number of carbonyl (C=O) groups is 1. The summed E-state index contributed by atoms with van der Waals surface area (Å²) in [5, 5.41) is 3.13. The van der Waals surface area contributed by atoms with Crippen LogP contribution in [0.5, 0.6) is 5.75 Å². The minimum atomic E-state index is -0.217. The number of ether oxygens (including phenoxy) is 1. The third-order valence-corrected chi connectivity index (χ3v) is 5.45. The van der Waals surface area contributed by atoms with E-state index in [4.69, 9.17) is 9.72 Å². The highest BCUT2D eigenvalue weighted by atomic mass is 16.5. The summed E-state index contributed by atoms with van der Waals surface area (Å²) < 4.78 is 7.70. The Bertz CT molecular complexity index is 1170. The zero-order chi connectivity index (χ0) is 21.6. The van der Waals surface area contributed by atoms with Gasteiger partial charge in [0.1, 0.15) is 11.6 Å². The fraction of sp³-hybridized carbons (Fsp3) is 0.231. The van der Waals surface area contributed by atoms with Crippen LogP contribution in [0, 0.1) is 0 Å². The second-order valence-electron chi connectivity index (χ2n) is 7.63. The number of hydrogen-bond donors (Lipinski definition) is 1. The van der Waals surface area contributed by atoms with Gasteiger partial charge in [-0.25, -0.2) is 4.98 Å². The summed E-state index contributed by atoms with van der Waals surface area (Å²) in [6.45, 7) is 2.60. The standard InChI is InChI=1S/C26H27N3O2/c1-19(27-25(30)17-16-20-10-4-3-5-11-20)26-28-22-13-7-8-14-23(22)29(26)18-21-12-6-9-15-24(21)31-2/h3-15,19H,16-18H2,1-2H3,(H,27,30). The van der Waals surface area contributed by atoms with Crippen LogP contribution in [0.15, 0.2) is 78.9 Å². The van der Waals surface area contributed by atoms with E-state index in [1.807, 2.05) is 73.7 Å². The predicted molar refractivity (Wildman–Crippen MR) is 123 cm³/mol.